The fraction of sp³-hybridized carbons (Fsp3) is 0.222. The van der Waals surface area contributed by atoms with E-state index in [0.717, 1.165) is 5.56 Å². The van der Waals surface area contributed by atoms with Gasteiger partial charge in [-0.2, -0.15) is 5.10 Å². The first kappa shape index (κ1) is 10.2. The van der Waals surface area contributed by atoms with Crippen molar-refractivity contribution in [3.05, 3.63) is 40.5 Å². The van der Waals surface area contributed by atoms with E-state index in [4.69, 9.17) is 4.42 Å². The van der Waals surface area contributed by atoms with Crippen LogP contribution < -0.4 is 11.0 Å². The van der Waals surface area contributed by atoms with E-state index in [1.54, 1.807) is 6.07 Å². The highest BCUT2D eigenvalue weighted by molar-refractivity contribution is 5.78. The zero-order valence-corrected chi connectivity index (χ0v) is 8.32. The summed E-state index contributed by atoms with van der Waals surface area (Å²) >= 11 is 0. The Morgan fingerprint density at radius 2 is 2.44 bits per heavy atom. The van der Waals surface area contributed by atoms with E-state index in [-0.39, 0.29) is 24.6 Å². The molecule has 0 aromatic carbocycles. The number of rotatable bonds is 4. The monoisotopic (exact) mass is 222 g/mol. The summed E-state index contributed by atoms with van der Waals surface area (Å²) in [4.78, 5) is 24.5. The van der Waals surface area contributed by atoms with Gasteiger partial charge in [0.25, 0.3) is 0 Å². The molecule has 0 aliphatic rings. The Morgan fingerprint density at radius 1 is 1.56 bits per heavy atom. The molecule has 0 saturated heterocycles. The number of carbonyl (C=O) groups excluding carboxylic acids is 1. The number of nitrogens with one attached hydrogen (secondary N) is 3. The van der Waals surface area contributed by atoms with Crippen molar-refractivity contribution in [3.63, 3.8) is 0 Å². The van der Waals surface area contributed by atoms with Crippen molar-refractivity contribution < 1.29 is 9.21 Å². The van der Waals surface area contributed by atoms with Gasteiger partial charge in [0.05, 0.1) is 25.5 Å². The van der Waals surface area contributed by atoms with Crippen molar-refractivity contribution in [2.45, 2.75) is 13.0 Å². The molecule has 0 radical (unpaired) electrons. The molecule has 0 bridgehead atoms. The largest absolute Gasteiger partial charge is 0.472 e. The van der Waals surface area contributed by atoms with Crippen molar-refractivity contribution in [3.8, 4) is 0 Å². The zero-order valence-electron chi connectivity index (χ0n) is 8.32. The molecule has 0 saturated carbocycles. The van der Waals surface area contributed by atoms with Gasteiger partial charge in [0, 0.05) is 0 Å². The summed E-state index contributed by atoms with van der Waals surface area (Å²) in [6.45, 7) is 0.190. The molecular formula is C9H10N4O3. The summed E-state index contributed by atoms with van der Waals surface area (Å²) in [6, 6.07) is 1.72. The molecule has 84 valence electrons. The van der Waals surface area contributed by atoms with Crippen LogP contribution in [-0.4, -0.2) is 21.1 Å². The van der Waals surface area contributed by atoms with Gasteiger partial charge in [-0.05, 0) is 11.6 Å². The number of carbonyl (C=O) groups is 1. The molecule has 2 aromatic heterocycles. The van der Waals surface area contributed by atoms with E-state index in [9.17, 15) is 9.59 Å². The molecule has 2 rings (SSSR count). The second-order valence-corrected chi connectivity index (χ2v) is 3.21. The normalized spacial score (nSPS) is 10.2. The van der Waals surface area contributed by atoms with Gasteiger partial charge < -0.3 is 9.73 Å². The lowest BCUT2D eigenvalue weighted by atomic mass is 10.2. The summed E-state index contributed by atoms with van der Waals surface area (Å²) in [5, 5.41) is 8.49. The summed E-state index contributed by atoms with van der Waals surface area (Å²) in [6.07, 6.45) is 3.26. The SMILES string of the molecule is O=C(Cc1ccoc1)NCc1n[nH]c(=O)[nH]1. The molecule has 0 spiro atoms. The van der Waals surface area contributed by atoms with Crippen LogP contribution in [0, 0.1) is 0 Å². The Morgan fingerprint density at radius 3 is 3.06 bits per heavy atom. The van der Waals surface area contributed by atoms with Crippen LogP contribution >= 0.6 is 0 Å². The first-order valence-corrected chi connectivity index (χ1v) is 4.65. The highest BCUT2D eigenvalue weighted by Crippen LogP contribution is 2.00. The van der Waals surface area contributed by atoms with Crippen LogP contribution in [0.1, 0.15) is 11.4 Å². The molecule has 0 aliphatic heterocycles. The van der Waals surface area contributed by atoms with Crippen LogP contribution in [0.2, 0.25) is 0 Å². The smallest absolute Gasteiger partial charge is 0.340 e. The fourth-order valence-electron chi connectivity index (χ4n) is 1.21. The number of hydrogen-bond acceptors (Lipinski definition) is 4. The predicted octanol–water partition coefficient (Wildman–Crippen LogP) is -0.450. The minimum Gasteiger partial charge on any atom is -0.472 e. The van der Waals surface area contributed by atoms with Crippen LogP contribution in [0.3, 0.4) is 0 Å². The Labute approximate surface area is 89.9 Å². The Hall–Kier alpha value is -2.31. The predicted molar refractivity (Wildman–Crippen MR) is 53.5 cm³/mol. The number of aromatic amines is 2. The van der Waals surface area contributed by atoms with Gasteiger partial charge in [0.1, 0.15) is 5.82 Å². The lowest BCUT2D eigenvalue weighted by Crippen LogP contribution is -2.25. The maximum atomic E-state index is 11.4. The molecule has 0 aliphatic carbocycles. The van der Waals surface area contributed by atoms with Crippen molar-refractivity contribution in [2.75, 3.05) is 0 Å². The third kappa shape index (κ3) is 2.59. The van der Waals surface area contributed by atoms with Crippen LogP contribution in [0.5, 0.6) is 0 Å². The third-order valence-corrected chi connectivity index (χ3v) is 1.95. The zero-order chi connectivity index (χ0) is 11.4. The standard InChI is InChI=1S/C9H10N4O3/c14-8(3-6-1-2-16-5-6)10-4-7-11-9(15)13-12-7/h1-2,5H,3-4H2,(H,10,14)(H2,11,12,13,15). The molecule has 2 heterocycles. The molecule has 3 N–H and O–H groups in total. The lowest BCUT2D eigenvalue weighted by Gasteiger charge is -2.00. The average molecular weight is 222 g/mol. The Balaban J connectivity index is 1.82. The van der Waals surface area contributed by atoms with Gasteiger partial charge in [-0.3, -0.25) is 9.78 Å². The van der Waals surface area contributed by atoms with E-state index in [1.807, 2.05) is 0 Å². The number of H-pyrrole nitrogens is 2. The van der Waals surface area contributed by atoms with Gasteiger partial charge >= 0.3 is 5.69 Å². The highest BCUT2D eigenvalue weighted by Gasteiger charge is 2.05. The number of hydrogen-bond donors (Lipinski definition) is 3. The molecule has 0 fully saturated rings. The van der Waals surface area contributed by atoms with Crippen molar-refractivity contribution in [2.24, 2.45) is 0 Å². The minimum absolute atomic E-state index is 0.162. The fourth-order valence-corrected chi connectivity index (χ4v) is 1.21. The van der Waals surface area contributed by atoms with Gasteiger partial charge in [-0.1, -0.05) is 0 Å². The quantitative estimate of drug-likeness (QED) is 0.651. The molecule has 7 heteroatoms. The van der Waals surface area contributed by atoms with Crippen LogP contribution in [-0.2, 0) is 17.8 Å². The molecule has 0 atom stereocenters. The van der Waals surface area contributed by atoms with E-state index in [0.29, 0.717) is 5.82 Å². The van der Waals surface area contributed by atoms with Gasteiger partial charge in [0.2, 0.25) is 5.91 Å². The van der Waals surface area contributed by atoms with Crippen molar-refractivity contribution >= 4 is 5.91 Å². The van der Waals surface area contributed by atoms with Gasteiger partial charge in [-0.25, -0.2) is 9.89 Å². The topological polar surface area (TPSA) is 104 Å². The first-order chi connectivity index (χ1) is 7.74. The maximum Gasteiger partial charge on any atom is 0.340 e. The summed E-state index contributed by atoms with van der Waals surface area (Å²) in [7, 11) is 0. The molecule has 1 amide bonds. The second kappa shape index (κ2) is 4.47. The van der Waals surface area contributed by atoms with Gasteiger partial charge in [0.15, 0.2) is 0 Å². The third-order valence-electron chi connectivity index (χ3n) is 1.95. The number of furan rings is 1. The second-order valence-electron chi connectivity index (χ2n) is 3.21. The first-order valence-electron chi connectivity index (χ1n) is 4.65. The minimum atomic E-state index is -0.390. The number of amides is 1. The molecule has 7 nitrogen and oxygen atoms in total. The Kier molecular flexibility index (Phi) is 2.86. The summed E-state index contributed by atoms with van der Waals surface area (Å²) in [5.74, 6) is 0.232. The summed E-state index contributed by atoms with van der Waals surface area (Å²) in [5.41, 5.74) is 0.409. The van der Waals surface area contributed by atoms with E-state index < -0.39 is 0 Å². The Bertz CT molecular complexity index is 511. The van der Waals surface area contributed by atoms with Crippen molar-refractivity contribution in [1.29, 1.82) is 0 Å². The number of nitrogens with zero attached hydrogens (tertiary/aromatic N) is 1. The van der Waals surface area contributed by atoms with Gasteiger partial charge in [-0.15, -0.1) is 0 Å². The van der Waals surface area contributed by atoms with E-state index in [1.165, 1.54) is 12.5 Å². The van der Waals surface area contributed by atoms with Crippen LogP contribution in [0.4, 0.5) is 0 Å². The highest BCUT2D eigenvalue weighted by atomic mass is 16.3. The van der Waals surface area contributed by atoms with E-state index >= 15 is 0 Å². The van der Waals surface area contributed by atoms with Crippen LogP contribution in [0.25, 0.3) is 0 Å². The van der Waals surface area contributed by atoms with Crippen molar-refractivity contribution in [1.82, 2.24) is 20.5 Å². The maximum absolute atomic E-state index is 11.4. The molecule has 0 unspecified atom stereocenters. The summed E-state index contributed by atoms with van der Waals surface area (Å²) < 4.78 is 4.84. The average Bonchev–Trinajstić information content (AvgIpc) is 2.87. The van der Waals surface area contributed by atoms with Crippen LogP contribution in [0.15, 0.2) is 27.8 Å². The molecule has 2 aromatic rings. The molecule has 16 heavy (non-hydrogen) atoms. The lowest BCUT2D eigenvalue weighted by molar-refractivity contribution is -0.120. The molecular weight excluding hydrogens is 212 g/mol. The van der Waals surface area contributed by atoms with E-state index in [2.05, 4.69) is 20.5 Å². The number of aromatic nitrogens is 3.